The third-order valence-electron chi connectivity index (χ3n) is 3.69. The summed E-state index contributed by atoms with van der Waals surface area (Å²) in [5.74, 6) is 0.987. The molecule has 0 atom stereocenters. The van der Waals surface area contributed by atoms with Gasteiger partial charge in [0.2, 0.25) is 0 Å². The van der Waals surface area contributed by atoms with Crippen LogP contribution < -0.4 is 4.74 Å². The van der Waals surface area contributed by atoms with Gasteiger partial charge in [0, 0.05) is 24.0 Å². The summed E-state index contributed by atoms with van der Waals surface area (Å²) < 4.78 is 11.4. The summed E-state index contributed by atoms with van der Waals surface area (Å²) >= 11 is 3.63. The van der Waals surface area contributed by atoms with Gasteiger partial charge in [0.25, 0.3) is 0 Å². The van der Waals surface area contributed by atoms with E-state index in [1.54, 1.807) is 0 Å². The van der Waals surface area contributed by atoms with Crippen LogP contribution in [0.25, 0.3) is 0 Å². The fourth-order valence-corrected chi connectivity index (χ4v) is 2.94. The van der Waals surface area contributed by atoms with Gasteiger partial charge >= 0.3 is 0 Å². The molecule has 0 N–H and O–H groups in total. The lowest BCUT2D eigenvalue weighted by atomic mass is 9.83. The van der Waals surface area contributed by atoms with E-state index in [1.807, 2.05) is 6.07 Å². The lowest BCUT2D eigenvalue weighted by Crippen LogP contribution is -2.36. The first-order chi connectivity index (χ1) is 8.78. The average Bonchev–Trinajstić information content (AvgIpc) is 2.46. The molecular formula is C15H21BrO2. The highest BCUT2D eigenvalue weighted by atomic mass is 79.9. The predicted molar refractivity (Wildman–Crippen MR) is 77.6 cm³/mol. The number of hydrogen-bond acceptors (Lipinski definition) is 2. The zero-order chi connectivity index (χ0) is 12.8. The smallest absolute Gasteiger partial charge is 0.119 e. The van der Waals surface area contributed by atoms with Crippen LogP contribution in [0.1, 0.15) is 25.3 Å². The van der Waals surface area contributed by atoms with Crippen molar-refractivity contribution in [1.29, 1.82) is 0 Å². The van der Waals surface area contributed by atoms with Crippen LogP contribution in [0.15, 0.2) is 24.3 Å². The number of benzene rings is 1. The van der Waals surface area contributed by atoms with Crippen molar-refractivity contribution in [1.82, 2.24) is 0 Å². The fourth-order valence-electron chi connectivity index (χ4n) is 2.21. The van der Waals surface area contributed by atoms with Gasteiger partial charge in [0.05, 0.1) is 6.61 Å². The van der Waals surface area contributed by atoms with Crippen LogP contribution in [0.2, 0.25) is 0 Å². The molecule has 1 heterocycles. The summed E-state index contributed by atoms with van der Waals surface area (Å²) in [5.41, 5.74) is 1.56. The molecule has 0 aromatic heterocycles. The molecule has 0 aliphatic carbocycles. The minimum Gasteiger partial charge on any atom is -0.493 e. The first kappa shape index (κ1) is 13.9. The summed E-state index contributed by atoms with van der Waals surface area (Å²) in [6, 6.07) is 8.39. The number of aryl methyl sites for hydroxylation is 1. The second-order valence-electron chi connectivity index (χ2n) is 5.04. The van der Waals surface area contributed by atoms with Crippen molar-refractivity contribution in [3.63, 3.8) is 0 Å². The van der Waals surface area contributed by atoms with E-state index >= 15 is 0 Å². The van der Waals surface area contributed by atoms with Gasteiger partial charge in [-0.1, -0.05) is 35.0 Å². The third kappa shape index (κ3) is 3.48. The standard InChI is InChI=1S/C15H21BrO2/c1-2-13-4-3-5-14(10-13)18-12-15(11-16)6-8-17-9-7-15/h3-5,10H,2,6-9,11-12H2,1H3. The Balaban J connectivity index is 1.96. The second-order valence-corrected chi connectivity index (χ2v) is 5.60. The van der Waals surface area contributed by atoms with Crippen molar-refractivity contribution in [2.45, 2.75) is 26.2 Å². The topological polar surface area (TPSA) is 18.5 Å². The van der Waals surface area contributed by atoms with Crippen molar-refractivity contribution < 1.29 is 9.47 Å². The van der Waals surface area contributed by atoms with Crippen LogP contribution in [-0.2, 0) is 11.2 Å². The van der Waals surface area contributed by atoms with Gasteiger partial charge in [-0.05, 0) is 37.0 Å². The molecule has 18 heavy (non-hydrogen) atoms. The SMILES string of the molecule is CCc1cccc(OCC2(CBr)CCOCC2)c1. The van der Waals surface area contributed by atoms with E-state index < -0.39 is 0 Å². The number of ether oxygens (including phenoxy) is 2. The maximum atomic E-state index is 6.00. The maximum absolute atomic E-state index is 6.00. The molecule has 0 spiro atoms. The lowest BCUT2D eigenvalue weighted by molar-refractivity contribution is 0.00353. The van der Waals surface area contributed by atoms with E-state index in [0.717, 1.165) is 50.2 Å². The van der Waals surface area contributed by atoms with Gasteiger partial charge in [-0.3, -0.25) is 0 Å². The molecule has 1 aromatic rings. The molecule has 0 unspecified atom stereocenters. The number of alkyl halides is 1. The molecule has 2 nitrogen and oxygen atoms in total. The lowest BCUT2D eigenvalue weighted by Gasteiger charge is -2.35. The summed E-state index contributed by atoms with van der Waals surface area (Å²) in [7, 11) is 0. The van der Waals surface area contributed by atoms with Crippen molar-refractivity contribution in [2.24, 2.45) is 5.41 Å². The highest BCUT2D eigenvalue weighted by Crippen LogP contribution is 2.33. The van der Waals surface area contributed by atoms with Crippen LogP contribution in [0.5, 0.6) is 5.75 Å². The molecule has 2 rings (SSSR count). The van der Waals surface area contributed by atoms with E-state index in [-0.39, 0.29) is 5.41 Å². The highest BCUT2D eigenvalue weighted by Gasteiger charge is 2.32. The molecule has 3 heteroatoms. The predicted octanol–water partition coefficient (Wildman–Crippen LogP) is 3.82. The second kappa shape index (κ2) is 6.58. The summed E-state index contributed by atoms with van der Waals surface area (Å²) in [6.45, 7) is 4.64. The molecule has 0 radical (unpaired) electrons. The van der Waals surface area contributed by atoms with E-state index in [1.165, 1.54) is 5.56 Å². The Morgan fingerprint density at radius 1 is 1.33 bits per heavy atom. The summed E-state index contributed by atoms with van der Waals surface area (Å²) in [6.07, 6.45) is 3.20. The highest BCUT2D eigenvalue weighted by molar-refractivity contribution is 9.09. The number of hydrogen-bond donors (Lipinski definition) is 0. The Morgan fingerprint density at radius 2 is 2.11 bits per heavy atom. The minimum absolute atomic E-state index is 0.237. The van der Waals surface area contributed by atoms with Crippen LogP contribution >= 0.6 is 15.9 Å². The Hall–Kier alpha value is -0.540. The van der Waals surface area contributed by atoms with Gasteiger partial charge < -0.3 is 9.47 Å². The van der Waals surface area contributed by atoms with Gasteiger partial charge in [-0.15, -0.1) is 0 Å². The van der Waals surface area contributed by atoms with E-state index in [9.17, 15) is 0 Å². The largest absolute Gasteiger partial charge is 0.493 e. The Kier molecular flexibility index (Phi) is 5.07. The molecule has 1 aliphatic heterocycles. The van der Waals surface area contributed by atoms with Crippen LogP contribution in [-0.4, -0.2) is 25.2 Å². The first-order valence-corrected chi connectivity index (χ1v) is 7.76. The quantitative estimate of drug-likeness (QED) is 0.770. The maximum Gasteiger partial charge on any atom is 0.119 e. The molecule has 100 valence electrons. The third-order valence-corrected chi connectivity index (χ3v) is 4.88. The molecular weight excluding hydrogens is 292 g/mol. The normalized spacial score (nSPS) is 18.6. The fraction of sp³-hybridized carbons (Fsp3) is 0.600. The summed E-state index contributed by atoms with van der Waals surface area (Å²) in [4.78, 5) is 0. The van der Waals surface area contributed by atoms with Crippen molar-refractivity contribution in [3.05, 3.63) is 29.8 Å². The average molecular weight is 313 g/mol. The van der Waals surface area contributed by atoms with Crippen LogP contribution in [0, 0.1) is 5.41 Å². The monoisotopic (exact) mass is 312 g/mol. The molecule has 0 saturated carbocycles. The molecule has 1 aliphatic rings. The molecule has 1 aromatic carbocycles. The van der Waals surface area contributed by atoms with E-state index in [2.05, 4.69) is 41.1 Å². The van der Waals surface area contributed by atoms with Crippen molar-refractivity contribution in [2.75, 3.05) is 25.2 Å². The van der Waals surface area contributed by atoms with Gasteiger partial charge in [0.1, 0.15) is 5.75 Å². The zero-order valence-electron chi connectivity index (χ0n) is 11.0. The zero-order valence-corrected chi connectivity index (χ0v) is 12.5. The van der Waals surface area contributed by atoms with E-state index in [4.69, 9.17) is 9.47 Å². The van der Waals surface area contributed by atoms with Gasteiger partial charge in [0.15, 0.2) is 0 Å². The number of rotatable bonds is 5. The molecule has 1 fully saturated rings. The minimum atomic E-state index is 0.237. The van der Waals surface area contributed by atoms with E-state index in [0.29, 0.717) is 0 Å². The molecule has 0 bridgehead atoms. The van der Waals surface area contributed by atoms with Gasteiger partial charge in [-0.25, -0.2) is 0 Å². The number of halogens is 1. The Labute approximate surface area is 118 Å². The summed E-state index contributed by atoms with van der Waals surface area (Å²) in [5, 5.41) is 0.983. The van der Waals surface area contributed by atoms with Crippen LogP contribution in [0.4, 0.5) is 0 Å². The van der Waals surface area contributed by atoms with Crippen LogP contribution in [0.3, 0.4) is 0 Å². The first-order valence-electron chi connectivity index (χ1n) is 6.63. The molecule has 0 amide bonds. The molecule has 1 saturated heterocycles. The van der Waals surface area contributed by atoms with Crippen molar-refractivity contribution in [3.8, 4) is 5.75 Å². The Bertz CT molecular complexity index is 373. The van der Waals surface area contributed by atoms with Gasteiger partial charge in [-0.2, -0.15) is 0 Å². The Morgan fingerprint density at radius 3 is 2.78 bits per heavy atom. The van der Waals surface area contributed by atoms with Crippen molar-refractivity contribution >= 4 is 15.9 Å².